The number of hydrogen-bond donors (Lipinski definition) is 0. The molecule has 0 aliphatic heterocycles. The topological polar surface area (TPSA) is 0 Å². The molecule has 18 heavy (non-hydrogen) atoms. The molecule has 0 aromatic heterocycles. The van der Waals surface area contributed by atoms with Crippen LogP contribution in [0.3, 0.4) is 0 Å². The Morgan fingerprint density at radius 3 is 1.00 bits per heavy atom. The van der Waals surface area contributed by atoms with Gasteiger partial charge in [-0.15, -0.1) is 0 Å². The molecule has 0 nitrogen and oxygen atoms in total. The third kappa shape index (κ3) is 2.85. The molecule has 0 bridgehead atoms. The van der Waals surface area contributed by atoms with Crippen molar-refractivity contribution in [3.8, 4) is 11.1 Å². The van der Waals surface area contributed by atoms with E-state index in [0.29, 0.717) is 41.3 Å². The largest absolute Gasteiger partial charge is 0.0836 e. The van der Waals surface area contributed by atoms with Crippen LogP contribution in [0.5, 0.6) is 0 Å². The van der Waals surface area contributed by atoms with Gasteiger partial charge >= 0.3 is 0 Å². The predicted octanol–water partition coefficient (Wildman–Crippen LogP) is 7.27. The van der Waals surface area contributed by atoms with Crippen LogP contribution in [0.15, 0.2) is 24.3 Å². The van der Waals surface area contributed by atoms with Crippen molar-refractivity contribution in [1.82, 2.24) is 0 Å². The van der Waals surface area contributed by atoms with E-state index in [1.807, 2.05) is 0 Å². The van der Waals surface area contributed by atoms with Crippen molar-refractivity contribution in [2.75, 3.05) is 0 Å². The maximum absolute atomic E-state index is 6.12. The molecule has 0 saturated heterocycles. The van der Waals surface area contributed by atoms with Crippen LogP contribution < -0.4 is 0 Å². The first kappa shape index (κ1) is 14.6. The summed E-state index contributed by atoms with van der Waals surface area (Å²) in [4.78, 5) is 0. The predicted molar refractivity (Wildman–Crippen MR) is 81.9 cm³/mol. The van der Waals surface area contributed by atoms with Gasteiger partial charge in [-0.25, -0.2) is 0 Å². The molecule has 2 aromatic rings. The quantitative estimate of drug-likeness (QED) is 0.461. The summed E-state index contributed by atoms with van der Waals surface area (Å²) in [6.45, 7) is 0. The molecule has 0 spiro atoms. The fraction of sp³-hybridized carbons (Fsp3) is 0. The van der Waals surface area contributed by atoms with Crippen LogP contribution in [-0.4, -0.2) is 0 Å². The van der Waals surface area contributed by atoms with Gasteiger partial charge in [0.1, 0.15) is 0 Å². The maximum atomic E-state index is 6.12. The summed E-state index contributed by atoms with van der Waals surface area (Å²) in [6.07, 6.45) is 0. The fourth-order valence-corrected chi connectivity index (χ4v) is 2.76. The second-order valence-corrected chi connectivity index (χ2v) is 5.94. The van der Waals surface area contributed by atoms with E-state index < -0.39 is 0 Å². The molecule has 0 radical (unpaired) electrons. The van der Waals surface area contributed by atoms with Gasteiger partial charge in [0.25, 0.3) is 0 Å². The lowest BCUT2D eigenvalue weighted by molar-refractivity contribution is 1.61. The lowest BCUT2D eigenvalue weighted by Gasteiger charge is -2.10. The Balaban J connectivity index is 2.69. The zero-order chi connectivity index (χ0) is 13.4. The average molecular weight is 373 g/mol. The van der Waals surface area contributed by atoms with Crippen LogP contribution in [0.2, 0.25) is 30.1 Å². The molecule has 0 N–H and O–H groups in total. The van der Waals surface area contributed by atoms with E-state index in [2.05, 4.69) is 0 Å². The number of benzene rings is 2. The molecule has 0 saturated carbocycles. The lowest BCUT2D eigenvalue weighted by atomic mass is 11.0. The molecular formula is C12H4Cl6. The molecule has 0 heterocycles. The molecule has 2 aromatic carbocycles. The summed E-state index contributed by atoms with van der Waals surface area (Å²) >= 11 is 35.9. The lowest BCUT2D eigenvalue weighted by Crippen LogP contribution is -1.84. The summed E-state index contributed by atoms with van der Waals surface area (Å²) in [6, 6.07) is 6.38. The molecule has 0 aliphatic carbocycles. The van der Waals surface area contributed by atoms with Crippen LogP contribution in [-0.2, 0) is 0 Å². The van der Waals surface area contributed by atoms with Crippen LogP contribution in [0.1, 0.15) is 0 Å². The minimum atomic E-state index is 0.376. The highest BCUT2D eigenvalue weighted by Crippen LogP contribution is 2.41. The smallest absolute Gasteiger partial charge is 0.0607 e. The van der Waals surface area contributed by atoms with Gasteiger partial charge < -0.3 is 0 Å². The van der Waals surface area contributed by atoms with Gasteiger partial charge in [-0.3, -0.25) is 0 Å². The van der Waals surface area contributed by atoms with Crippen molar-refractivity contribution >= 4 is 69.6 Å². The Morgan fingerprint density at radius 2 is 0.667 bits per heavy atom. The Morgan fingerprint density at radius 1 is 0.389 bits per heavy atom. The Hall–Kier alpha value is 0.180. The van der Waals surface area contributed by atoms with Crippen molar-refractivity contribution < 1.29 is 0 Å². The molecule has 0 atom stereocenters. The normalized spacial score (nSPS) is 10.8. The number of hydrogen-bond acceptors (Lipinski definition) is 0. The first-order chi connectivity index (χ1) is 8.40. The highest BCUT2D eigenvalue weighted by Gasteiger charge is 2.13. The molecule has 2 rings (SSSR count). The van der Waals surface area contributed by atoms with Gasteiger partial charge in [-0.1, -0.05) is 69.6 Å². The van der Waals surface area contributed by atoms with Crippen molar-refractivity contribution in [1.29, 1.82) is 0 Å². The van der Waals surface area contributed by atoms with Gasteiger partial charge in [0.15, 0.2) is 0 Å². The zero-order valence-corrected chi connectivity index (χ0v) is 13.1. The molecule has 94 valence electrons. The van der Waals surface area contributed by atoms with Gasteiger partial charge in [-0.2, -0.15) is 0 Å². The summed E-state index contributed by atoms with van der Waals surface area (Å²) in [7, 11) is 0. The number of rotatable bonds is 1. The Labute approximate surface area is 134 Å². The molecule has 6 heteroatoms. The van der Waals surface area contributed by atoms with Crippen molar-refractivity contribution in [2.24, 2.45) is 0 Å². The Kier molecular flexibility index (Phi) is 4.59. The fourth-order valence-electron chi connectivity index (χ4n) is 1.46. The molecular weight excluding hydrogens is 369 g/mol. The standard InChI is InChI=1S/C12H4Cl6/c13-7-3-11(17)9(15)1-5(7)6-2-10(16)12(18)4-8(6)14/h1-4H/i1+1,2+1,3+1,4+1,5+1,6+1,7+1,8+1,9+1,10+1,11+1,12+1. The van der Waals surface area contributed by atoms with Crippen LogP contribution in [0.4, 0.5) is 0 Å². The van der Waals surface area contributed by atoms with Gasteiger partial charge in [0.2, 0.25) is 0 Å². The van der Waals surface area contributed by atoms with E-state index in [4.69, 9.17) is 69.6 Å². The van der Waals surface area contributed by atoms with Crippen molar-refractivity contribution in [3.05, 3.63) is 54.4 Å². The van der Waals surface area contributed by atoms with Crippen LogP contribution in [0, 0.1) is 0 Å². The Bertz CT molecular complexity index is 565. The van der Waals surface area contributed by atoms with Crippen molar-refractivity contribution in [2.45, 2.75) is 0 Å². The zero-order valence-electron chi connectivity index (χ0n) is 8.58. The second-order valence-electron chi connectivity index (χ2n) is 3.49. The minimum absolute atomic E-state index is 0.376. The highest BCUT2D eigenvalue weighted by molar-refractivity contribution is 6.45. The van der Waals surface area contributed by atoms with E-state index in [1.54, 1.807) is 24.3 Å². The first-order valence-corrected chi connectivity index (χ1v) is 6.96. The molecule has 0 unspecified atom stereocenters. The third-order valence-electron chi connectivity index (χ3n) is 2.31. The summed E-state index contributed by atoms with van der Waals surface area (Å²) in [5, 5.41) is 2.40. The van der Waals surface area contributed by atoms with Crippen LogP contribution in [0.25, 0.3) is 11.1 Å². The van der Waals surface area contributed by atoms with E-state index in [1.165, 1.54) is 0 Å². The summed E-state index contributed by atoms with van der Waals surface area (Å²) in [5.74, 6) is 0. The van der Waals surface area contributed by atoms with E-state index in [-0.39, 0.29) is 0 Å². The minimum Gasteiger partial charge on any atom is -0.0836 e. The van der Waals surface area contributed by atoms with E-state index in [9.17, 15) is 0 Å². The molecule has 0 amide bonds. The summed E-state index contributed by atoms with van der Waals surface area (Å²) in [5.41, 5.74) is 1.30. The van der Waals surface area contributed by atoms with Crippen molar-refractivity contribution in [3.63, 3.8) is 0 Å². The van der Waals surface area contributed by atoms with E-state index >= 15 is 0 Å². The number of halogens is 6. The molecule has 0 fully saturated rings. The highest BCUT2D eigenvalue weighted by atomic mass is 35.5. The van der Waals surface area contributed by atoms with Crippen LogP contribution >= 0.6 is 69.6 Å². The second kappa shape index (κ2) is 5.66. The maximum Gasteiger partial charge on any atom is 0.0607 e. The SMILES string of the molecule is Cl[13c]1[13cH][13c](Cl)[13c](-[13c]2[13cH][13c](Cl)[13c](Cl)[13cH][13c]2Cl)[13cH][13c]1Cl. The first-order valence-electron chi connectivity index (χ1n) is 4.69. The monoisotopic (exact) mass is 370 g/mol. The van der Waals surface area contributed by atoms with Gasteiger partial charge in [0, 0.05) is 11.1 Å². The third-order valence-corrected chi connectivity index (χ3v) is 4.38. The molecule has 0 aliphatic rings. The van der Waals surface area contributed by atoms with Gasteiger partial charge in [0.05, 0.1) is 30.1 Å². The van der Waals surface area contributed by atoms with E-state index in [0.717, 1.165) is 0 Å². The average Bonchev–Trinajstić information content (AvgIpc) is 2.29. The van der Waals surface area contributed by atoms with Gasteiger partial charge in [-0.05, 0) is 24.3 Å². The summed E-state index contributed by atoms with van der Waals surface area (Å²) < 4.78 is 0.